The summed E-state index contributed by atoms with van der Waals surface area (Å²) in [4.78, 5) is 4.15. The van der Waals surface area contributed by atoms with E-state index in [0.717, 1.165) is 0 Å². The number of hydrogen-bond donors (Lipinski definition) is 2. The van der Waals surface area contributed by atoms with Crippen molar-refractivity contribution in [1.29, 1.82) is 0 Å². The Hall–Kier alpha value is -1.93. The number of sulfonamides is 1. The fourth-order valence-electron chi connectivity index (χ4n) is 1.32. The maximum Gasteiger partial charge on any atom is 0.246 e. The van der Waals surface area contributed by atoms with Crippen LogP contribution in [0.2, 0.25) is 0 Å². The number of aromatic amines is 1. The van der Waals surface area contributed by atoms with Crippen LogP contribution in [0.25, 0.3) is 0 Å². The molecule has 1 aromatic carbocycles. The molecule has 0 amide bonds. The molecule has 0 atom stereocenters. The molecule has 0 saturated heterocycles. The molecule has 0 aliphatic carbocycles. The standard InChI is InChI=1S/C10H13N5O2S/c1-15(2)18(16,17)9-5-3-8(4-6-9)13-10-11-7-12-14-10/h3-7H,1-2H3,(H2,11,12,13,14). The first-order valence-electron chi connectivity index (χ1n) is 5.15. The van der Waals surface area contributed by atoms with Gasteiger partial charge in [0.15, 0.2) is 0 Å². The van der Waals surface area contributed by atoms with Gasteiger partial charge in [-0.1, -0.05) is 0 Å². The van der Waals surface area contributed by atoms with Gasteiger partial charge in [0.25, 0.3) is 0 Å². The van der Waals surface area contributed by atoms with Crippen molar-refractivity contribution in [2.75, 3.05) is 19.4 Å². The van der Waals surface area contributed by atoms with Gasteiger partial charge in [0, 0.05) is 19.8 Å². The van der Waals surface area contributed by atoms with Crippen LogP contribution >= 0.6 is 0 Å². The van der Waals surface area contributed by atoms with E-state index < -0.39 is 10.0 Å². The van der Waals surface area contributed by atoms with Crippen LogP contribution in [-0.2, 0) is 10.0 Å². The fourth-order valence-corrected chi connectivity index (χ4v) is 2.22. The molecular formula is C10H13N5O2S. The van der Waals surface area contributed by atoms with Gasteiger partial charge in [-0.3, -0.25) is 5.10 Å². The van der Waals surface area contributed by atoms with Crippen molar-refractivity contribution in [2.24, 2.45) is 0 Å². The van der Waals surface area contributed by atoms with Gasteiger partial charge in [-0.15, -0.1) is 5.10 Å². The van der Waals surface area contributed by atoms with Crippen molar-refractivity contribution in [3.8, 4) is 0 Å². The van der Waals surface area contributed by atoms with E-state index in [9.17, 15) is 8.42 Å². The zero-order chi connectivity index (χ0) is 13.2. The molecule has 0 aliphatic rings. The number of hydrogen-bond acceptors (Lipinski definition) is 5. The number of benzene rings is 1. The Labute approximate surface area is 105 Å². The molecule has 2 N–H and O–H groups in total. The van der Waals surface area contributed by atoms with Crippen molar-refractivity contribution in [3.63, 3.8) is 0 Å². The largest absolute Gasteiger partial charge is 0.323 e. The first-order valence-corrected chi connectivity index (χ1v) is 6.59. The molecule has 1 aromatic heterocycles. The van der Waals surface area contributed by atoms with E-state index in [1.165, 1.54) is 36.9 Å². The number of H-pyrrole nitrogens is 1. The quantitative estimate of drug-likeness (QED) is 0.855. The molecule has 0 spiro atoms. The molecule has 7 nitrogen and oxygen atoms in total. The minimum atomic E-state index is -3.39. The zero-order valence-electron chi connectivity index (χ0n) is 9.95. The summed E-state index contributed by atoms with van der Waals surface area (Å²) in [5.41, 5.74) is 0.715. The van der Waals surface area contributed by atoms with Crippen LogP contribution in [0.15, 0.2) is 35.5 Å². The van der Waals surface area contributed by atoms with Crippen molar-refractivity contribution in [3.05, 3.63) is 30.6 Å². The van der Waals surface area contributed by atoms with E-state index in [0.29, 0.717) is 11.6 Å². The van der Waals surface area contributed by atoms with E-state index in [4.69, 9.17) is 0 Å². The molecule has 0 fully saturated rings. The normalized spacial score (nSPS) is 11.7. The topological polar surface area (TPSA) is 91.0 Å². The van der Waals surface area contributed by atoms with Crippen LogP contribution in [0.1, 0.15) is 0 Å². The second-order valence-corrected chi connectivity index (χ2v) is 5.91. The van der Waals surface area contributed by atoms with Gasteiger partial charge in [-0.25, -0.2) is 17.7 Å². The molecule has 8 heteroatoms. The number of nitrogens with one attached hydrogen (secondary N) is 2. The summed E-state index contributed by atoms with van der Waals surface area (Å²) < 4.78 is 24.8. The summed E-state index contributed by atoms with van der Waals surface area (Å²) in [6.07, 6.45) is 1.45. The van der Waals surface area contributed by atoms with Gasteiger partial charge in [0.05, 0.1) is 4.90 Å². The lowest BCUT2D eigenvalue weighted by atomic mass is 10.3. The first-order chi connectivity index (χ1) is 8.50. The van der Waals surface area contributed by atoms with Crippen LogP contribution in [0.3, 0.4) is 0 Å². The highest BCUT2D eigenvalue weighted by molar-refractivity contribution is 7.89. The van der Waals surface area contributed by atoms with Gasteiger partial charge >= 0.3 is 0 Å². The molecule has 18 heavy (non-hydrogen) atoms. The first kappa shape index (κ1) is 12.5. The average Bonchev–Trinajstić information content (AvgIpc) is 2.82. The van der Waals surface area contributed by atoms with E-state index >= 15 is 0 Å². The van der Waals surface area contributed by atoms with Gasteiger partial charge in [-0.2, -0.15) is 0 Å². The summed E-state index contributed by atoms with van der Waals surface area (Å²) in [7, 11) is -0.397. The Bertz CT molecular complexity index is 604. The van der Waals surface area contributed by atoms with Crippen molar-refractivity contribution in [1.82, 2.24) is 19.5 Å². The molecule has 2 rings (SSSR count). The van der Waals surface area contributed by atoms with Crippen LogP contribution in [0.5, 0.6) is 0 Å². The predicted octanol–water partition coefficient (Wildman–Crippen LogP) is 0.799. The molecule has 0 bridgehead atoms. The molecule has 2 aromatic rings. The summed E-state index contributed by atoms with van der Waals surface area (Å²) in [5.74, 6) is 0.429. The van der Waals surface area contributed by atoms with Crippen molar-refractivity contribution < 1.29 is 8.42 Å². The number of aromatic nitrogens is 3. The Balaban J connectivity index is 2.21. The summed E-state index contributed by atoms with van der Waals surface area (Å²) in [5, 5.41) is 9.34. The van der Waals surface area contributed by atoms with E-state index in [1.807, 2.05) is 0 Å². The second kappa shape index (κ2) is 4.75. The Morgan fingerprint density at radius 3 is 2.39 bits per heavy atom. The van der Waals surface area contributed by atoms with Crippen molar-refractivity contribution >= 4 is 21.7 Å². The number of nitrogens with zero attached hydrogens (tertiary/aromatic N) is 3. The van der Waals surface area contributed by atoms with Gasteiger partial charge in [0.2, 0.25) is 16.0 Å². The minimum Gasteiger partial charge on any atom is -0.323 e. The Kier molecular flexibility index (Phi) is 3.30. The van der Waals surface area contributed by atoms with Crippen molar-refractivity contribution in [2.45, 2.75) is 4.90 Å². The van der Waals surface area contributed by atoms with Crippen LogP contribution < -0.4 is 5.32 Å². The monoisotopic (exact) mass is 267 g/mol. The summed E-state index contributed by atoms with van der Waals surface area (Å²) >= 11 is 0. The van der Waals surface area contributed by atoms with E-state index in [1.54, 1.807) is 12.1 Å². The molecule has 96 valence electrons. The number of anilines is 2. The maximum atomic E-state index is 11.8. The third-order valence-corrected chi connectivity index (χ3v) is 4.13. The lowest BCUT2D eigenvalue weighted by molar-refractivity contribution is 0.521. The lowest BCUT2D eigenvalue weighted by Gasteiger charge is -2.11. The third-order valence-electron chi connectivity index (χ3n) is 2.30. The molecule has 0 saturated carbocycles. The SMILES string of the molecule is CN(C)S(=O)(=O)c1ccc(Nc2nc[nH]n2)cc1. The lowest BCUT2D eigenvalue weighted by Crippen LogP contribution is -2.22. The van der Waals surface area contributed by atoms with Crippen LogP contribution in [0.4, 0.5) is 11.6 Å². The molecule has 0 aliphatic heterocycles. The Morgan fingerprint density at radius 1 is 1.22 bits per heavy atom. The van der Waals surface area contributed by atoms with Gasteiger partial charge in [0.1, 0.15) is 6.33 Å². The maximum absolute atomic E-state index is 11.8. The highest BCUT2D eigenvalue weighted by Gasteiger charge is 2.16. The minimum absolute atomic E-state index is 0.244. The Morgan fingerprint density at radius 2 is 1.89 bits per heavy atom. The zero-order valence-corrected chi connectivity index (χ0v) is 10.8. The molecular weight excluding hydrogens is 254 g/mol. The highest BCUT2D eigenvalue weighted by atomic mass is 32.2. The van der Waals surface area contributed by atoms with Gasteiger partial charge in [-0.05, 0) is 24.3 Å². The van der Waals surface area contributed by atoms with E-state index in [2.05, 4.69) is 20.5 Å². The smallest absolute Gasteiger partial charge is 0.246 e. The predicted molar refractivity (Wildman–Crippen MR) is 67.0 cm³/mol. The van der Waals surface area contributed by atoms with Crippen LogP contribution in [-0.4, -0.2) is 42.0 Å². The molecule has 0 radical (unpaired) electrons. The van der Waals surface area contributed by atoms with Gasteiger partial charge < -0.3 is 5.32 Å². The molecule has 1 heterocycles. The highest BCUT2D eigenvalue weighted by Crippen LogP contribution is 2.18. The summed E-state index contributed by atoms with van der Waals surface area (Å²) in [6.45, 7) is 0. The summed E-state index contributed by atoms with van der Waals surface area (Å²) in [6, 6.07) is 6.38. The number of rotatable bonds is 4. The van der Waals surface area contributed by atoms with Crippen LogP contribution in [0, 0.1) is 0 Å². The second-order valence-electron chi connectivity index (χ2n) is 3.76. The average molecular weight is 267 g/mol. The third kappa shape index (κ3) is 2.49. The fraction of sp³-hybridized carbons (Fsp3) is 0.200. The van der Waals surface area contributed by atoms with E-state index in [-0.39, 0.29) is 4.90 Å². The molecule has 0 unspecified atom stereocenters.